The predicted octanol–water partition coefficient (Wildman–Crippen LogP) is 2.53. The fourth-order valence-electron chi connectivity index (χ4n) is 3.62. The highest BCUT2D eigenvalue weighted by Crippen LogP contribution is 2.44. The Bertz CT molecular complexity index is 652. The number of nitrogens with zero attached hydrogens (tertiary/aromatic N) is 2. The molecule has 3 rings (SSSR count). The van der Waals surface area contributed by atoms with E-state index in [0.717, 1.165) is 38.6 Å². The number of halogens is 1. The van der Waals surface area contributed by atoms with Crippen LogP contribution in [0.4, 0.5) is 5.69 Å². The quantitative estimate of drug-likeness (QED) is 0.891. The molecule has 1 aromatic carbocycles. The molecular weight excluding hydrogens is 314 g/mol. The van der Waals surface area contributed by atoms with Gasteiger partial charge in [0.2, 0.25) is 5.91 Å². The van der Waals surface area contributed by atoms with Gasteiger partial charge in [-0.25, -0.2) is 0 Å². The van der Waals surface area contributed by atoms with Crippen molar-refractivity contribution in [2.24, 2.45) is 0 Å². The number of rotatable bonds is 3. The van der Waals surface area contributed by atoms with Crippen molar-refractivity contribution in [1.29, 1.82) is 5.26 Å². The third-order valence-electron chi connectivity index (χ3n) is 5.01. The Kier molecular flexibility index (Phi) is 4.58. The van der Waals surface area contributed by atoms with E-state index in [1.165, 1.54) is 0 Å². The molecule has 1 saturated heterocycles. The normalized spacial score (nSPS) is 23.1. The number of benzene rings is 1. The van der Waals surface area contributed by atoms with E-state index in [4.69, 9.17) is 16.9 Å². The highest BCUT2D eigenvalue weighted by molar-refractivity contribution is 6.32. The molecule has 1 unspecified atom stereocenters. The van der Waals surface area contributed by atoms with E-state index < -0.39 is 0 Å². The Hall–Kier alpha value is -1.61. The van der Waals surface area contributed by atoms with Crippen LogP contribution in [0.15, 0.2) is 18.2 Å². The maximum atomic E-state index is 12.3. The van der Waals surface area contributed by atoms with Crippen molar-refractivity contribution in [2.45, 2.75) is 43.7 Å². The largest absolute Gasteiger partial charge is 0.393 e. The molecule has 0 bridgehead atoms. The number of hydrogen-bond donors (Lipinski definition) is 2. The topological polar surface area (TPSA) is 76.4 Å². The van der Waals surface area contributed by atoms with Gasteiger partial charge in [-0.15, -0.1) is 0 Å². The molecule has 6 heteroatoms. The highest BCUT2D eigenvalue weighted by atomic mass is 35.5. The lowest BCUT2D eigenvalue weighted by atomic mass is 9.69. The molecule has 0 radical (unpaired) electrons. The second-order valence-corrected chi connectivity index (χ2v) is 6.91. The van der Waals surface area contributed by atoms with Crippen LogP contribution in [0.2, 0.25) is 5.02 Å². The molecule has 2 fully saturated rings. The summed E-state index contributed by atoms with van der Waals surface area (Å²) in [7, 11) is 0. The Morgan fingerprint density at radius 1 is 1.52 bits per heavy atom. The van der Waals surface area contributed by atoms with Crippen LogP contribution in [-0.2, 0) is 4.79 Å². The lowest BCUT2D eigenvalue weighted by Gasteiger charge is -2.54. The summed E-state index contributed by atoms with van der Waals surface area (Å²) in [5, 5.41) is 22.0. The van der Waals surface area contributed by atoms with Gasteiger partial charge in [0.1, 0.15) is 6.07 Å². The van der Waals surface area contributed by atoms with Crippen molar-refractivity contribution < 1.29 is 9.90 Å². The second kappa shape index (κ2) is 6.48. The number of amides is 1. The first-order valence-electron chi connectivity index (χ1n) is 7.95. The number of aliphatic hydroxyl groups excluding tert-OH is 1. The number of nitriles is 1. The van der Waals surface area contributed by atoms with E-state index in [0.29, 0.717) is 22.8 Å². The minimum absolute atomic E-state index is 0.0112. The van der Waals surface area contributed by atoms with Crippen molar-refractivity contribution in [2.75, 3.05) is 18.4 Å². The summed E-state index contributed by atoms with van der Waals surface area (Å²) in [6.07, 6.45) is 4.52. The zero-order valence-electron chi connectivity index (χ0n) is 12.9. The van der Waals surface area contributed by atoms with Crippen molar-refractivity contribution in [1.82, 2.24) is 4.90 Å². The van der Waals surface area contributed by atoms with Gasteiger partial charge in [-0.2, -0.15) is 5.26 Å². The van der Waals surface area contributed by atoms with Crippen molar-refractivity contribution in [3.8, 4) is 6.07 Å². The van der Waals surface area contributed by atoms with E-state index in [1.54, 1.807) is 18.2 Å². The number of carbonyl (C=O) groups is 1. The molecule has 2 aliphatic rings. The highest BCUT2D eigenvalue weighted by Gasteiger charge is 2.46. The third kappa shape index (κ3) is 3.35. The molecule has 0 aromatic heterocycles. The number of aliphatic hydroxyl groups is 1. The first-order valence-corrected chi connectivity index (χ1v) is 8.33. The summed E-state index contributed by atoms with van der Waals surface area (Å²) >= 11 is 5.99. The lowest BCUT2D eigenvalue weighted by molar-refractivity contribution is -0.124. The summed E-state index contributed by atoms with van der Waals surface area (Å²) in [6.45, 7) is 1.08. The third-order valence-corrected chi connectivity index (χ3v) is 5.32. The zero-order valence-corrected chi connectivity index (χ0v) is 13.6. The van der Waals surface area contributed by atoms with Gasteiger partial charge in [-0.3, -0.25) is 9.69 Å². The van der Waals surface area contributed by atoms with Gasteiger partial charge in [-0.05, 0) is 50.3 Å². The van der Waals surface area contributed by atoms with Gasteiger partial charge < -0.3 is 10.4 Å². The van der Waals surface area contributed by atoms with Crippen molar-refractivity contribution in [3.63, 3.8) is 0 Å². The standard InChI is InChI=1S/C17H20ClN3O2/c18-15-8-13(3-2-12(15)10-19)20-16(23)11-21-7-4-14(22)9-17(21)5-1-6-17/h2-3,8,14,22H,1,4-7,9,11H2,(H,20,23). The van der Waals surface area contributed by atoms with Gasteiger partial charge in [0.05, 0.1) is 23.2 Å². The molecule has 122 valence electrons. The van der Waals surface area contributed by atoms with Crippen LogP contribution in [-0.4, -0.2) is 40.6 Å². The molecule has 1 aliphatic heterocycles. The first-order chi connectivity index (χ1) is 11.0. The average molecular weight is 334 g/mol. The first kappa shape index (κ1) is 16.3. The molecule has 2 N–H and O–H groups in total. The molecule has 1 saturated carbocycles. The number of hydrogen-bond acceptors (Lipinski definition) is 4. The maximum absolute atomic E-state index is 12.3. The molecule has 1 aliphatic carbocycles. The molecular formula is C17H20ClN3O2. The molecule has 1 spiro atoms. The van der Waals surface area contributed by atoms with Gasteiger partial charge in [0.25, 0.3) is 0 Å². The summed E-state index contributed by atoms with van der Waals surface area (Å²) < 4.78 is 0. The van der Waals surface area contributed by atoms with Crippen LogP contribution >= 0.6 is 11.6 Å². The van der Waals surface area contributed by atoms with Gasteiger partial charge in [0.15, 0.2) is 0 Å². The van der Waals surface area contributed by atoms with Crippen LogP contribution < -0.4 is 5.32 Å². The van der Waals surface area contributed by atoms with E-state index in [1.807, 2.05) is 6.07 Å². The number of nitrogens with one attached hydrogen (secondary N) is 1. The second-order valence-electron chi connectivity index (χ2n) is 6.50. The van der Waals surface area contributed by atoms with E-state index in [-0.39, 0.29) is 17.6 Å². The maximum Gasteiger partial charge on any atom is 0.238 e. The van der Waals surface area contributed by atoms with Crippen molar-refractivity contribution in [3.05, 3.63) is 28.8 Å². The van der Waals surface area contributed by atoms with Crippen LogP contribution in [0, 0.1) is 11.3 Å². The Morgan fingerprint density at radius 2 is 2.30 bits per heavy atom. The molecule has 1 aromatic rings. The number of likely N-dealkylation sites (tertiary alicyclic amines) is 1. The fraction of sp³-hybridized carbons (Fsp3) is 0.529. The summed E-state index contributed by atoms with van der Waals surface area (Å²) in [6, 6.07) is 6.87. The van der Waals surface area contributed by atoms with Crippen LogP contribution in [0.5, 0.6) is 0 Å². The fourth-order valence-corrected chi connectivity index (χ4v) is 3.84. The van der Waals surface area contributed by atoms with Gasteiger partial charge in [0, 0.05) is 17.8 Å². The minimum Gasteiger partial charge on any atom is -0.393 e. The molecule has 5 nitrogen and oxygen atoms in total. The number of anilines is 1. The van der Waals surface area contributed by atoms with E-state index in [9.17, 15) is 9.90 Å². The molecule has 1 amide bonds. The summed E-state index contributed by atoms with van der Waals surface area (Å²) in [5.74, 6) is -0.0894. The lowest BCUT2D eigenvalue weighted by Crippen LogP contribution is -2.60. The van der Waals surface area contributed by atoms with Crippen LogP contribution in [0.1, 0.15) is 37.7 Å². The van der Waals surface area contributed by atoms with Crippen LogP contribution in [0.25, 0.3) is 0 Å². The Labute approximate surface area is 140 Å². The van der Waals surface area contributed by atoms with Gasteiger partial charge in [-0.1, -0.05) is 11.6 Å². The predicted molar refractivity (Wildman–Crippen MR) is 88.2 cm³/mol. The van der Waals surface area contributed by atoms with Crippen LogP contribution in [0.3, 0.4) is 0 Å². The molecule has 1 heterocycles. The van der Waals surface area contributed by atoms with Gasteiger partial charge >= 0.3 is 0 Å². The number of carbonyl (C=O) groups excluding carboxylic acids is 1. The Morgan fingerprint density at radius 3 is 2.91 bits per heavy atom. The summed E-state index contributed by atoms with van der Waals surface area (Å²) in [4.78, 5) is 14.5. The van der Waals surface area contributed by atoms with Crippen molar-refractivity contribution >= 4 is 23.2 Å². The monoisotopic (exact) mass is 333 g/mol. The van der Waals surface area contributed by atoms with E-state index in [2.05, 4.69) is 10.2 Å². The average Bonchev–Trinajstić information content (AvgIpc) is 2.47. The smallest absolute Gasteiger partial charge is 0.238 e. The minimum atomic E-state index is -0.244. The number of piperidine rings is 1. The molecule has 23 heavy (non-hydrogen) atoms. The van der Waals surface area contributed by atoms with E-state index >= 15 is 0 Å². The molecule has 1 atom stereocenters. The zero-order chi connectivity index (χ0) is 16.4. The summed E-state index contributed by atoms with van der Waals surface area (Å²) in [5.41, 5.74) is 0.999. The Balaban J connectivity index is 1.63. The SMILES string of the molecule is N#Cc1ccc(NC(=O)CN2CCC(O)CC23CCC3)cc1Cl.